The Morgan fingerprint density at radius 3 is 2.32 bits per heavy atom. The second-order valence-electron chi connectivity index (χ2n) is 5.49. The topological polar surface area (TPSA) is 105 Å². The maximum absolute atomic E-state index is 12.5. The fourth-order valence-corrected chi connectivity index (χ4v) is 3.82. The summed E-state index contributed by atoms with van der Waals surface area (Å²) in [6.45, 7) is 8.11. The van der Waals surface area contributed by atoms with Crippen molar-refractivity contribution in [2.24, 2.45) is 11.0 Å². The molecule has 25 heavy (non-hydrogen) atoms. The fraction of sp³-hybridized carbons (Fsp3) is 0.562. The van der Waals surface area contributed by atoms with Gasteiger partial charge in [0.2, 0.25) is 10.0 Å². The van der Waals surface area contributed by atoms with Gasteiger partial charge in [-0.05, 0) is 30.9 Å². The molecule has 0 fully saturated rings. The van der Waals surface area contributed by atoms with Crippen LogP contribution in [0.15, 0.2) is 28.2 Å². The van der Waals surface area contributed by atoms with Crippen LogP contribution in [-0.2, 0) is 10.0 Å². The average molecular weight is 370 g/mol. The summed E-state index contributed by atoms with van der Waals surface area (Å²) in [6, 6.07) is 3.80. The monoisotopic (exact) mass is 370 g/mol. The van der Waals surface area contributed by atoms with Gasteiger partial charge in [0, 0.05) is 25.4 Å². The van der Waals surface area contributed by atoms with Gasteiger partial charge < -0.3 is 0 Å². The molecule has 1 rings (SSSR count). The predicted octanol–water partition coefficient (Wildman–Crippen LogP) is 3.46. The van der Waals surface area contributed by atoms with Crippen molar-refractivity contribution >= 4 is 27.6 Å². The highest BCUT2D eigenvalue weighted by molar-refractivity contribution is 7.89. The Labute approximate surface area is 149 Å². The van der Waals surface area contributed by atoms with Gasteiger partial charge >= 0.3 is 0 Å². The molecule has 0 radical (unpaired) electrons. The molecule has 0 bridgehead atoms. The molecule has 0 amide bonds. The number of nitro benzene ring substituents is 1. The van der Waals surface area contributed by atoms with Crippen LogP contribution in [0.4, 0.5) is 11.4 Å². The second kappa shape index (κ2) is 9.47. The molecule has 1 aromatic carbocycles. The van der Waals surface area contributed by atoms with Gasteiger partial charge in [0.15, 0.2) is 0 Å². The maximum atomic E-state index is 12.5. The van der Waals surface area contributed by atoms with Crippen molar-refractivity contribution in [3.63, 3.8) is 0 Å². The molecule has 0 heterocycles. The molecular weight excluding hydrogens is 344 g/mol. The van der Waals surface area contributed by atoms with E-state index in [2.05, 4.69) is 10.5 Å². The summed E-state index contributed by atoms with van der Waals surface area (Å²) in [5.41, 5.74) is 2.48. The molecule has 1 aromatic rings. The standard InChI is InChI=1S/C16H26N4O4S/c1-5-13(6-2)12-17-18-15-10-9-14(11-16(15)20(21)22)25(23,24)19(7-3)8-4/h9-13,18H,5-8H2,1-4H3/b17-12+. The van der Waals surface area contributed by atoms with Gasteiger partial charge in [-0.2, -0.15) is 9.41 Å². The van der Waals surface area contributed by atoms with Crippen LogP contribution >= 0.6 is 0 Å². The molecule has 9 heteroatoms. The largest absolute Gasteiger partial charge is 0.295 e. The third-order valence-corrected chi connectivity index (χ3v) is 6.07. The summed E-state index contributed by atoms with van der Waals surface area (Å²) < 4.78 is 26.3. The van der Waals surface area contributed by atoms with Crippen molar-refractivity contribution in [2.45, 2.75) is 45.4 Å². The van der Waals surface area contributed by atoms with Crippen molar-refractivity contribution in [2.75, 3.05) is 18.5 Å². The van der Waals surface area contributed by atoms with E-state index in [0.717, 1.165) is 18.9 Å². The fourth-order valence-electron chi connectivity index (χ4n) is 2.34. The van der Waals surface area contributed by atoms with Gasteiger partial charge in [0.1, 0.15) is 5.69 Å². The second-order valence-corrected chi connectivity index (χ2v) is 7.43. The third-order valence-electron chi connectivity index (χ3n) is 4.03. The van der Waals surface area contributed by atoms with Gasteiger partial charge in [-0.3, -0.25) is 15.5 Å². The summed E-state index contributed by atoms with van der Waals surface area (Å²) in [7, 11) is -3.75. The third kappa shape index (κ3) is 5.23. The van der Waals surface area contributed by atoms with Crippen molar-refractivity contribution < 1.29 is 13.3 Å². The Morgan fingerprint density at radius 2 is 1.84 bits per heavy atom. The van der Waals surface area contributed by atoms with Crippen LogP contribution < -0.4 is 5.43 Å². The number of hydrogen-bond acceptors (Lipinski definition) is 6. The number of nitrogens with zero attached hydrogens (tertiary/aromatic N) is 3. The van der Waals surface area contributed by atoms with Gasteiger partial charge in [-0.25, -0.2) is 8.42 Å². The number of anilines is 1. The van der Waals surface area contributed by atoms with Crippen LogP contribution in [0, 0.1) is 16.0 Å². The van der Waals surface area contributed by atoms with Crippen LogP contribution in [0.1, 0.15) is 40.5 Å². The summed E-state index contributed by atoms with van der Waals surface area (Å²) in [5.74, 6) is 0.286. The van der Waals surface area contributed by atoms with E-state index in [1.54, 1.807) is 20.1 Å². The Kier molecular flexibility index (Phi) is 7.98. The van der Waals surface area contributed by atoms with Crippen molar-refractivity contribution in [1.82, 2.24) is 4.31 Å². The van der Waals surface area contributed by atoms with E-state index in [1.165, 1.54) is 16.4 Å². The van der Waals surface area contributed by atoms with Crippen molar-refractivity contribution in [3.05, 3.63) is 28.3 Å². The van der Waals surface area contributed by atoms with Crippen LogP contribution in [0.2, 0.25) is 0 Å². The van der Waals surface area contributed by atoms with E-state index >= 15 is 0 Å². The molecule has 0 saturated heterocycles. The van der Waals surface area contributed by atoms with E-state index in [9.17, 15) is 18.5 Å². The zero-order chi connectivity index (χ0) is 19.0. The Balaban J connectivity index is 3.18. The number of rotatable bonds is 10. The summed E-state index contributed by atoms with van der Waals surface area (Å²) in [4.78, 5) is 10.6. The normalized spacial score (nSPS) is 12.2. The van der Waals surface area contributed by atoms with E-state index in [1.807, 2.05) is 13.8 Å². The highest BCUT2D eigenvalue weighted by atomic mass is 32.2. The molecule has 0 unspecified atom stereocenters. The lowest BCUT2D eigenvalue weighted by Crippen LogP contribution is -2.30. The molecule has 0 aliphatic rings. The minimum atomic E-state index is -3.75. The van der Waals surface area contributed by atoms with Crippen LogP contribution in [0.3, 0.4) is 0 Å². The summed E-state index contributed by atoms with van der Waals surface area (Å²) >= 11 is 0. The highest BCUT2D eigenvalue weighted by Crippen LogP contribution is 2.29. The molecule has 0 spiro atoms. The Bertz CT molecular complexity index is 711. The van der Waals surface area contributed by atoms with E-state index in [4.69, 9.17) is 0 Å². The van der Waals surface area contributed by atoms with E-state index < -0.39 is 14.9 Å². The van der Waals surface area contributed by atoms with Crippen LogP contribution in [0.25, 0.3) is 0 Å². The first kappa shape index (κ1) is 21.0. The van der Waals surface area contributed by atoms with Gasteiger partial charge in [0.25, 0.3) is 5.69 Å². The first-order chi connectivity index (χ1) is 11.8. The average Bonchev–Trinajstić information content (AvgIpc) is 2.59. The molecule has 0 atom stereocenters. The minimum absolute atomic E-state index is 0.0996. The molecular formula is C16H26N4O4S. The van der Waals surface area contributed by atoms with E-state index in [-0.39, 0.29) is 22.2 Å². The van der Waals surface area contributed by atoms with Gasteiger partial charge in [0.05, 0.1) is 9.82 Å². The number of hydrazone groups is 1. The first-order valence-electron chi connectivity index (χ1n) is 8.39. The van der Waals surface area contributed by atoms with Gasteiger partial charge in [-0.1, -0.05) is 27.7 Å². The molecule has 0 saturated carbocycles. The molecule has 8 nitrogen and oxygen atoms in total. The smallest absolute Gasteiger partial charge is 0.272 e. The predicted molar refractivity (Wildman–Crippen MR) is 99.4 cm³/mol. The Morgan fingerprint density at radius 1 is 1.24 bits per heavy atom. The van der Waals surface area contributed by atoms with Crippen molar-refractivity contribution in [3.8, 4) is 0 Å². The number of sulfonamides is 1. The number of nitrogens with one attached hydrogen (secondary N) is 1. The zero-order valence-corrected chi connectivity index (χ0v) is 15.9. The maximum Gasteiger partial charge on any atom is 0.295 e. The summed E-state index contributed by atoms with van der Waals surface area (Å²) in [6.07, 6.45) is 3.56. The number of nitro groups is 1. The zero-order valence-electron chi connectivity index (χ0n) is 15.1. The summed E-state index contributed by atoms with van der Waals surface area (Å²) in [5, 5.41) is 15.4. The van der Waals surface area contributed by atoms with Gasteiger partial charge in [-0.15, -0.1) is 0 Å². The molecule has 0 aromatic heterocycles. The van der Waals surface area contributed by atoms with E-state index in [0.29, 0.717) is 13.1 Å². The quantitative estimate of drug-likeness (QED) is 0.386. The lowest BCUT2D eigenvalue weighted by atomic mass is 10.1. The SMILES string of the molecule is CCC(/C=N/Nc1ccc(S(=O)(=O)N(CC)CC)cc1[N+](=O)[O-])CC. The minimum Gasteiger partial charge on any atom is -0.272 e. The first-order valence-corrected chi connectivity index (χ1v) is 9.83. The molecule has 0 aliphatic carbocycles. The van der Waals surface area contributed by atoms with Crippen LogP contribution in [0.5, 0.6) is 0 Å². The molecule has 0 aliphatic heterocycles. The molecule has 1 N–H and O–H groups in total. The lowest BCUT2D eigenvalue weighted by molar-refractivity contribution is -0.384. The molecule has 140 valence electrons. The Hall–Kier alpha value is -2.00. The van der Waals surface area contributed by atoms with Crippen LogP contribution in [-0.4, -0.2) is 37.0 Å². The highest BCUT2D eigenvalue weighted by Gasteiger charge is 2.25. The number of benzene rings is 1. The lowest BCUT2D eigenvalue weighted by Gasteiger charge is -2.18. The van der Waals surface area contributed by atoms with Crippen molar-refractivity contribution in [1.29, 1.82) is 0 Å². The number of hydrogen-bond donors (Lipinski definition) is 1.